The van der Waals surface area contributed by atoms with Gasteiger partial charge in [0.15, 0.2) is 0 Å². The summed E-state index contributed by atoms with van der Waals surface area (Å²) in [7, 11) is 0. The summed E-state index contributed by atoms with van der Waals surface area (Å²) in [6.07, 6.45) is 3.37. The average molecular weight is 225 g/mol. The maximum Gasteiger partial charge on any atom is 0.127 e. The van der Waals surface area contributed by atoms with Crippen LogP contribution in [0.2, 0.25) is 0 Å². The molecule has 0 aliphatic rings. The van der Waals surface area contributed by atoms with Gasteiger partial charge < -0.3 is 4.74 Å². The Labute approximate surface area is 103 Å². The van der Waals surface area contributed by atoms with Crippen molar-refractivity contribution in [3.8, 4) is 5.75 Å². The van der Waals surface area contributed by atoms with Gasteiger partial charge in [0.05, 0.1) is 6.61 Å². The lowest BCUT2D eigenvalue weighted by Gasteiger charge is -2.05. The molecule has 0 saturated carbocycles. The lowest BCUT2D eigenvalue weighted by atomic mass is 10.1. The molecule has 0 atom stereocenters. The van der Waals surface area contributed by atoms with Crippen molar-refractivity contribution in [1.29, 1.82) is 0 Å². The number of aryl methyl sites for hydroxylation is 1. The SMILES string of the molecule is [c]1ccccc1OCCCCc1ccccc1. The molecular weight excluding hydrogens is 208 g/mol. The molecule has 0 heterocycles. The van der Waals surface area contributed by atoms with Gasteiger partial charge in [-0.25, -0.2) is 0 Å². The molecule has 1 radical (unpaired) electrons. The van der Waals surface area contributed by atoms with Gasteiger partial charge in [0.2, 0.25) is 0 Å². The van der Waals surface area contributed by atoms with Gasteiger partial charge in [-0.15, -0.1) is 0 Å². The van der Waals surface area contributed by atoms with E-state index in [2.05, 4.69) is 36.4 Å². The molecule has 0 spiro atoms. The number of rotatable bonds is 6. The number of para-hydroxylation sites is 1. The summed E-state index contributed by atoms with van der Waals surface area (Å²) < 4.78 is 5.59. The molecule has 2 aromatic rings. The fourth-order valence-corrected chi connectivity index (χ4v) is 1.72. The largest absolute Gasteiger partial charge is 0.493 e. The summed E-state index contributed by atoms with van der Waals surface area (Å²) in [5.41, 5.74) is 1.40. The van der Waals surface area contributed by atoms with Crippen LogP contribution in [-0.4, -0.2) is 6.61 Å². The van der Waals surface area contributed by atoms with Crippen LogP contribution in [0.3, 0.4) is 0 Å². The Hall–Kier alpha value is -1.76. The molecule has 0 aliphatic carbocycles. The summed E-state index contributed by atoms with van der Waals surface area (Å²) in [6, 6.07) is 21.4. The molecule has 0 amide bonds. The molecule has 1 nitrogen and oxygen atoms in total. The van der Waals surface area contributed by atoms with Gasteiger partial charge >= 0.3 is 0 Å². The number of unbranched alkanes of at least 4 members (excludes halogenated alkanes) is 1. The van der Waals surface area contributed by atoms with Crippen molar-refractivity contribution in [1.82, 2.24) is 0 Å². The number of ether oxygens (including phenoxy) is 1. The van der Waals surface area contributed by atoms with E-state index in [4.69, 9.17) is 4.74 Å². The molecule has 1 heteroatoms. The highest BCUT2D eigenvalue weighted by Gasteiger charge is 1.94. The third-order valence-corrected chi connectivity index (χ3v) is 2.64. The smallest absolute Gasteiger partial charge is 0.127 e. The normalized spacial score (nSPS) is 10.1. The standard InChI is InChI=1S/C16H17O/c1-3-9-15(10-4-1)11-7-8-14-17-16-12-5-2-6-13-16/h1-6,9-10,12H,7-8,11,14H2. The fourth-order valence-electron chi connectivity index (χ4n) is 1.72. The third-order valence-electron chi connectivity index (χ3n) is 2.64. The van der Waals surface area contributed by atoms with Crippen LogP contribution in [0, 0.1) is 6.07 Å². The molecule has 0 aliphatic heterocycles. The van der Waals surface area contributed by atoms with Crippen molar-refractivity contribution in [3.05, 3.63) is 66.2 Å². The van der Waals surface area contributed by atoms with Crippen molar-refractivity contribution < 1.29 is 4.74 Å². The van der Waals surface area contributed by atoms with Crippen LogP contribution in [0.5, 0.6) is 5.75 Å². The van der Waals surface area contributed by atoms with Crippen LogP contribution < -0.4 is 4.74 Å². The first kappa shape index (κ1) is 11.7. The Morgan fingerprint density at radius 1 is 0.882 bits per heavy atom. The number of hydrogen-bond donors (Lipinski definition) is 0. The first-order valence-electron chi connectivity index (χ1n) is 6.08. The number of hydrogen-bond acceptors (Lipinski definition) is 1. The predicted octanol–water partition coefficient (Wildman–Crippen LogP) is 3.89. The maximum atomic E-state index is 5.59. The van der Waals surface area contributed by atoms with E-state index in [1.54, 1.807) is 0 Å². The summed E-state index contributed by atoms with van der Waals surface area (Å²) >= 11 is 0. The van der Waals surface area contributed by atoms with Gasteiger partial charge in [0, 0.05) is 6.07 Å². The molecule has 0 fully saturated rings. The second kappa shape index (κ2) is 6.74. The van der Waals surface area contributed by atoms with Crippen LogP contribution in [0.1, 0.15) is 18.4 Å². The first-order valence-corrected chi connectivity index (χ1v) is 6.08. The highest BCUT2D eigenvalue weighted by atomic mass is 16.5. The highest BCUT2D eigenvalue weighted by molar-refractivity contribution is 5.19. The molecule has 17 heavy (non-hydrogen) atoms. The average Bonchev–Trinajstić information content (AvgIpc) is 2.41. The van der Waals surface area contributed by atoms with Gasteiger partial charge in [-0.1, -0.05) is 48.5 Å². The van der Waals surface area contributed by atoms with Crippen LogP contribution in [0.25, 0.3) is 0 Å². The van der Waals surface area contributed by atoms with Gasteiger partial charge in [-0.2, -0.15) is 0 Å². The molecule has 2 rings (SSSR count). The van der Waals surface area contributed by atoms with Crippen molar-refractivity contribution in [2.75, 3.05) is 6.61 Å². The highest BCUT2D eigenvalue weighted by Crippen LogP contribution is 2.09. The quantitative estimate of drug-likeness (QED) is 0.678. The fraction of sp³-hybridized carbons (Fsp3) is 0.250. The van der Waals surface area contributed by atoms with Crippen LogP contribution in [-0.2, 0) is 6.42 Å². The summed E-state index contributed by atoms with van der Waals surface area (Å²) in [5.74, 6) is 0.840. The lowest BCUT2D eigenvalue weighted by molar-refractivity contribution is 0.306. The second-order valence-electron chi connectivity index (χ2n) is 4.02. The monoisotopic (exact) mass is 225 g/mol. The molecule has 0 unspecified atom stereocenters. The minimum Gasteiger partial charge on any atom is -0.493 e. The molecule has 0 aromatic heterocycles. The topological polar surface area (TPSA) is 9.23 Å². The van der Waals surface area contributed by atoms with E-state index in [0.29, 0.717) is 0 Å². The van der Waals surface area contributed by atoms with E-state index < -0.39 is 0 Å². The minimum absolute atomic E-state index is 0.771. The Morgan fingerprint density at radius 3 is 2.47 bits per heavy atom. The molecule has 2 aromatic carbocycles. The number of benzene rings is 2. The van der Waals surface area contributed by atoms with Crippen molar-refractivity contribution in [3.63, 3.8) is 0 Å². The van der Waals surface area contributed by atoms with Crippen molar-refractivity contribution in [2.45, 2.75) is 19.3 Å². The Morgan fingerprint density at radius 2 is 1.71 bits per heavy atom. The van der Waals surface area contributed by atoms with E-state index in [9.17, 15) is 0 Å². The molecule has 0 N–H and O–H groups in total. The summed E-state index contributed by atoms with van der Waals surface area (Å²) in [4.78, 5) is 0. The lowest BCUT2D eigenvalue weighted by Crippen LogP contribution is -1.98. The zero-order valence-corrected chi connectivity index (χ0v) is 9.93. The molecule has 0 bridgehead atoms. The van der Waals surface area contributed by atoms with Crippen LogP contribution in [0.15, 0.2) is 54.6 Å². The van der Waals surface area contributed by atoms with E-state index in [1.165, 1.54) is 5.56 Å². The summed E-state index contributed by atoms with van der Waals surface area (Å²) in [6.45, 7) is 0.771. The molecule has 87 valence electrons. The Bertz CT molecular complexity index is 367. The van der Waals surface area contributed by atoms with Gasteiger partial charge in [0.25, 0.3) is 0 Å². The predicted molar refractivity (Wildman–Crippen MR) is 70.2 cm³/mol. The third kappa shape index (κ3) is 4.31. The Kier molecular flexibility index (Phi) is 4.65. The van der Waals surface area contributed by atoms with Crippen molar-refractivity contribution >= 4 is 0 Å². The first-order chi connectivity index (χ1) is 8.45. The second-order valence-corrected chi connectivity index (χ2v) is 4.02. The zero-order valence-electron chi connectivity index (χ0n) is 9.93. The van der Waals surface area contributed by atoms with Gasteiger partial charge in [-0.3, -0.25) is 0 Å². The van der Waals surface area contributed by atoms with E-state index in [-0.39, 0.29) is 0 Å². The Balaban J connectivity index is 1.61. The summed E-state index contributed by atoms with van der Waals surface area (Å²) in [5, 5.41) is 0. The van der Waals surface area contributed by atoms with Gasteiger partial charge in [-0.05, 0) is 30.9 Å². The molecular formula is C16H17O. The van der Waals surface area contributed by atoms with E-state index in [1.807, 2.05) is 24.3 Å². The van der Waals surface area contributed by atoms with E-state index in [0.717, 1.165) is 31.6 Å². The minimum atomic E-state index is 0.771. The molecule has 0 saturated heterocycles. The van der Waals surface area contributed by atoms with Gasteiger partial charge in [0.1, 0.15) is 5.75 Å². The van der Waals surface area contributed by atoms with E-state index >= 15 is 0 Å². The zero-order chi connectivity index (χ0) is 11.8. The van der Waals surface area contributed by atoms with Crippen molar-refractivity contribution in [2.24, 2.45) is 0 Å². The van der Waals surface area contributed by atoms with Crippen LogP contribution in [0.4, 0.5) is 0 Å². The maximum absolute atomic E-state index is 5.59. The van der Waals surface area contributed by atoms with Crippen LogP contribution >= 0.6 is 0 Å².